The molecule has 0 radical (unpaired) electrons. The Morgan fingerprint density at radius 3 is 2.72 bits per heavy atom. The number of nitrogens with zero attached hydrogens (tertiary/aromatic N) is 1. The van der Waals surface area contributed by atoms with E-state index < -0.39 is 11.9 Å². The molecule has 1 aliphatic carbocycles. The molecule has 0 aliphatic heterocycles. The van der Waals surface area contributed by atoms with Gasteiger partial charge in [0, 0.05) is 23.0 Å². The van der Waals surface area contributed by atoms with E-state index in [9.17, 15) is 14.4 Å². The average Bonchev–Trinajstić information content (AvgIpc) is 3.34. The molecule has 0 saturated carbocycles. The highest BCUT2D eigenvalue weighted by atomic mass is 16.5. The van der Waals surface area contributed by atoms with Crippen LogP contribution in [0.25, 0.3) is 0 Å². The van der Waals surface area contributed by atoms with Crippen LogP contribution in [0.2, 0.25) is 0 Å². The van der Waals surface area contributed by atoms with Crippen molar-refractivity contribution in [3.8, 4) is 0 Å². The molecule has 3 aromatic rings. The zero-order chi connectivity index (χ0) is 20.4. The Kier molecular flexibility index (Phi) is 4.95. The number of Topliss-reactive ketones (excluding diaryl/α,β-unsaturated/α-hetero) is 1. The van der Waals surface area contributed by atoms with Crippen LogP contribution in [0.4, 0.5) is 5.69 Å². The lowest BCUT2D eigenvalue weighted by Gasteiger charge is -2.09. The monoisotopic (exact) mass is 389 g/mol. The Morgan fingerprint density at radius 1 is 1.17 bits per heavy atom. The normalized spacial score (nSPS) is 15.1. The number of rotatable bonds is 5. The van der Waals surface area contributed by atoms with Crippen molar-refractivity contribution < 1.29 is 19.1 Å². The number of H-pyrrole nitrogens is 1. The topological polar surface area (TPSA) is 101 Å². The number of nitrogens with one attached hydrogen (secondary N) is 2. The van der Waals surface area contributed by atoms with Crippen molar-refractivity contribution in [2.24, 2.45) is 0 Å². The van der Waals surface area contributed by atoms with Crippen molar-refractivity contribution in [2.45, 2.75) is 19.3 Å². The first-order valence-electron chi connectivity index (χ1n) is 9.33. The second kappa shape index (κ2) is 7.71. The summed E-state index contributed by atoms with van der Waals surface area (Å²) in [5.74, 6) is -1.43. The molecule has 146 valence electrons. The molecule has 7 nitrogen and oxygen atoms in total. The van der Waals surface area contributed by atoms with Gasteiger partial charge >= 0.3 is 5.97 Å². The molecule has 1 unspecified atom stereocenters. The smallest absolute Gasteiger partial charge is 0.374 e. The number of imidazole rings is 1. The van der Waals surface area contributed by atoms with E-state index in [1.165, 1.54) is 0 Å². The number of hydrogen-bond donors (Lipinski definition) is 2. The maximum Gasteiger partial charge on any atom is 0.374 e. The zero-order valence-electron chi connectivity index (χ0n) is 15.8. The van der Waals surface area contributed by atoms with Crippen LogP contribution in [-0.2, 0) is 11.2 Å². The Labute approximate surface area is 167 Å². The van der Waals surface area contributed by atoms with Crippen molar-refractivity contribution in [2.75, 3.05) is 11.9 Å². The number of esters is 1. The van der Waals surface area contributed by atoms with Crippen LogP contribution in [0, 0.1) is 0 Å². The quantitative estimate of drug-likeness (QED) is 0.652. The number of aromatic nitrogens is 2. The first kappa shape index (κ1) is 18.6. The lowest BCUT2D eigenvalue weighted by atomic mass is 10.0. The molecular formula is C22H19N3O4. The predicted octanol–water partition coefficient (Wildman–Crippen LogP) is 3.36. The van der Waals surface area contributed by atoms with E-state index in [-0.39, 0.29) is 24.1 Å². The molecule has 7 heteroatoms. The molecule has 29 heavy (non-hydrogen) atoms. The van der Waals surface area contributed by atoms with Crippen LogP contribution in [0.5, 0.6) is 0 Å². The number of aromatic amines is 1. The van der Waals surface area contributed by atoms with Crippen LogP contribution in [0.1, 0.15) is 55.4 Å². The van der Waals surface area contributed by atoms with Gasteiger partial charge in [0.05, 0.1) is 18.2 Å². The van der Waals surface area contributed by atoms with E-state index in [2.05, 4.69) is 15.3 Å². The van der Waals surface area contributed by atoms with Gasteiger partial charge < -0.3 is 15.0 Å². The minimum Gasteiger partial charge on any atom is -0.460 e. The highest BCUT2D eigenvalue weighted by molar-refractivity contribution is 6.11. The molecule has 1 amide bonds. The Bertz CT molecular complexity index is 1090. The molecule has 1 aromatic heterocycles. The largest absolute Gasteiger partial charge is 0.460 e. The summed E-state index contributed by atoms with van der Waals surface area (Å²) in [4.78, 5) is 44.6. The third kappa shape index (κ3) is 3.54. The number of benzene rings is 2. The molecule has 0 fully saturated rings. The predicted molar refractivity (Wildman–Crippen MR) is 106 cm³/mol. The summed E-state index contributed by atoms with van der Waals surface area (Å²) < 4.78 is 4.93. The molecule has 1 aliphatic rings. The number of para-hydroxylation sites is 1. The number of carbonyl (C=O) groups is 3. The van der Waals surface area contributed by atoms with Crippen LogP contribution in [0.15, 0.2) is 54.7 Å². The van der Waals surface area contributed by atoms with E-state index in [0.717, 1.165) is 0 Å². The maximum atomic E-state index is 12.9. The van der Waals surface area contributed by atoms with Gasteiger partial charge in [0.25, 0.3) is 5.91 Å². The second-order valence-electron chi connectivity index (χ2n) is 6.67. The average molecular weight is 389 g/mol. The van der Waals surface area contributed by atoms with Crippen LogP contribution in [-0.4, -0.2) is 34.2 Å². The first-order chi connectivity index (χ1) is 14.1. The molecule has 0 spiro atoms. The van der Waals surface area contributed by atoms with Crippen molar-refractivity contribution in [1.29, 1.82) is 0 Å². The third-order valence-electron chi connectivity index (χ3n) is 4.87. The third-order valence-corrected chi connectivity index (χ3v) is 4.87. The summed E-state index contributed by atoms with van der Waals surface area (Å²) in [6, 6.07) is 14.3. The van der Waals surface area contributed by atoms with E-state index in [4.69, 9.17) is 4.74 Å². The van der Waals surface area contributed by atoms with E-state index in [1.807, 2.05) is 18.2 Å². The molecule has 2 aromatic carbocycles. The van der Waals surface area contributed by atoms with Crippen LogP contribution >= 0.6 is 0 Å². The fourth-order valence-corrected chi connectivity index (χ4v) is 3.51. The lowest BCUT2D eigenvalue weighted by Crippen LogP contribution is -2.14. The van der Waals surface area contributed by atoms with Crippen LogP contribution < -0.4 is 5.32 Å². The molecular weight excluding hydrogens is 370 g/mol. The molecule has 1 heterocycles. The summed E-state index contributed by atoms with van der Waals surface area (Å²) in [7, 11) is 0. The highest BCUT2D eigenvalue weighted by Crippen LogP contribution is 2.35. The second-order valence-corrected chi connectivity index (χ2v) is 6.67. The Morgan fingerprint density at radius 2 is 1.97 bits per heavy atom. The molecule has 1 atom stereocenters. The molecule has 4 rings (SSSR count). The van der Waals surface area contributed by atoms with E-state index >= 15 is 0 Å². The van der Waals surface area contributed by atoms with Gasteiger partial charge in [0.15, 0.2) is 5.78 Å². The fourth-order valence-electron chi connectivity index (χ4n) is 3.51. The van der Waals surface area contributed by atoms with Gasteiger partial charge in [-0.25, -0.2) is 9.78 Å². The highest BCUT2D eigenvalue weighted by Gasteiger charge is 2.36. The number of hydrogen-bond acceptors (Lipinski definition) is 5. The lowest BCUT2D eigenvalue weighted by molar-refractivity contribution is 0.0512. The Hall–Kier alpha value is -3.74. The zero-order valence-corrected chi connectivity index (χ0v) is 15.8. The summed E-state index contributed by atoms with van der Waals surface area (Å²) >= 11 is 0. The van der Waals surface area contributed by atoms with Gasteiger partial charge in [-0.3, -0.25) is 9.59 Å². The Balaban J connectivity index is 1.59. The van der Waals surface area contributed by atoms with Crippen LogP contribution in [0.3, 0.4) is 0 Å². The number of anilines is 1. The minimum absolute atomic E-state index is 0.0626. The maximum absolute atomic E-state index is 12.9. The van der Waals surface area contributed by atoms with Crippen molar-refractivity contribution in [1.82, 2.24) is 9.97 Å². The van der Waals surface area contributed by atoms with Gasteiger partial charge in [-0.1, -0.05) is 30.3 Å². The van der Waals surface area contributed by atoms with Crippen molar-refractivity contribution >= 4 is 23.3 Å². The summed E-state index contributed by atoms with van der Waals surface area (Å²) in [5, 5.41) is 2.86. The minimum atomic E-state index is -0.565. The molecule has 2 N–H and O–H groups in total. The van der Waals surface area contributed by atoms with E-state index in [0.29, 0.717) is 34.5 Å². The van der Waals surface area contributed by atoms with Gasteiger partial charge in [-0.2, -0.15) is 0 Å². The van der Waals surface area contributed by atoms with Gasteiger partial charge in [0.2, 0.25) is 5.82 Å². The summed E-state index contributed by atoms with van der Waals surface area (Å²) in [6.45, 7) is 1.95. The number of fused-ring (bicyclic) bond motifs is 1. The summed E-state index contributed by atoms with van der Waals surface area (Å²) in [6.07, 6.45) is 1.89. The van der Waals surface area contributed by atoms with Crippen molar-refractivity contribution in [3.63, 3.8) is 0 Å². The standard InChI is InChI=1S/C22H19N3O4/c1-2-29-22(28)20-23-12-18(25-20)17-11-16-14(19(17)26)9-6-10-15(16)21(27)24-13-7-4-3-5-8-13/h3-10,12,17H,2,11H2,1H3,(H,23,25)(H,24,27). The number of carbonyl (C=O) groups excluding carboxylic acids is 3. The van der Waals surface area contributed by atoms with E-state index in [1.54, 1.807) is 43.5 Å². The van der Waals surface area contributed by atoms with Gasteiger partial charge in [0.1, 0.15) is 0 Å². The number of amides is 1. The van der Waals surface area contributed by atoms with Gasteiger partial charge in [-0.05, 0) is 37.1 Å². The molecule has 0 bridgehead atoms. The van der Waals surface area contributed by atoms with Gasteiger partial charge in [-0.15, -0.1) is 0 Å². The number of ketones is 1. The first-order valence-corrected chi connectivity index (χ1v) is 9.33. The number of ether oxygens (including phenoxy) is 1. The fraction of sp³-hybridized carbons (Fsp3) is 0.182. The SMILES string of the molecule is CCOC(=O)c1nc(C2Cc3c(C(=O)Nc4ccccc4)cccc3C2=O)c[nH]1. The molecule has 0 saturated heterocycles. The summed E-state index contributed by atoms with van der Waals surface area (Å²) in [5.41, 5.74) is 2.81. The van der Waals surface area contributed by atoms with Crippen molar-refractivity contribution in [3.05, 3.63) is 82.9 Å².